The lowest BCUT2D eigenvalue weighted by atomic mass is 10.1. The minimum Gasteiger partial charge on any atom is -0.506 e. The summed E-state index contributed by atoms with van der Waals surface area (Å²) in [6, 6.07) is 14.2. The maximum Gasteiger partial charge on any atom is 0.253 e. The number of aliphatic hydroxyl groups is 1. The van der Waals surface area contributed by atoms with E-state index in [9.17, 15) is 9.90 Å². The van der Waals surface area contributed by atoms with Crippen molar-refractivity contribution in [2.24, 2.45) is 0 Å². The highest BCUT2D eigenvalue weighted by atomic mass is 35.5. The van der Waals surface area contributed by atoms with Gasteiger partial charge in [0.05, 0.1) is 11.6 Å². The van der Waals surface area contributed by atoms with Crippen LogP contribution in [-0.4, -0.2) is 40.7 Å². The van der Waals surface area contributed by atoms with E-state index in [0.717, 1.165) is 5.56 Å². The molecule has 0 atom stereocenters. The van der Waals surface area contributed by atoms with Crippen molar-refractivity contribution in [1.29, 1.82) is 0 Å². The van der Waals surface area contributed by atoms with Crippen LogP contribution in [0.15, 0.2) is 48.5 Å². The van der Waals surface area contributed by atoms with E-state index in [1.54, 1.807) is 4.90 Å². The van der Waals surface area contributed by atoms with Crippen LogP contribution in [0.25, 0.3) is 0 Å². The molecule has 0 aliphatic heterocycles. The van der Waals surface area contributed by atoms with Crippen LogP contribution in [0.4, 0.5) is 0 Å². The minimum absolute atomic E-state index is 0.0591. The van der Waals surface area contributed by atoms with Crippen molar-refractivity contribution in [3.63, 3.8) is 0 Å². The van der Waals surface area contributed by atoms with Crippen molar-refractivity contribution in [2.45, 2.75) is 6.42 Å². The first-order chi connectivity index (χ1) is 10.6. The van der Waals surface area contributed by atoms with Gasteiger partial charge in [0.1, 0.15) is 5.75 Å². The Bertz CT molecular complexity index is 631. The smallest absolute Gasteiger partial charge is 0.253 e. The summed E-state index contributed by atoms with van der Waals surface area (Å²) in [6.45, 7) is 0.651. The van der Waals surface area contributed by atoms with Crippen LogP contribution in [0.5, 0.6) is 5.75 Å². The van der Waals surface area contributed by atoms with Crippen molar-refractivity contribution in [3.8, 4) is 5.75 Å². The summed E-state index contributed by atoms with van der Waals surface area (Å²) in [5, 5.41) is 18.7. The lowest BCUT2D eigenvalue weighted by Crippen LogP contribution is -2.35. The Morgan fingerprint density at radius 1 is 1.09 bits per heavy atom. The van der Waals surface area contributed by atoms with Gasteiger partial charge in [-0.25, -0.2) is 0 Å². The zero-order valence-corrected chi connectivity index (χ0v) is 12.8. The van der Waals surface area contributed by atoms with Crippen molar-refractivity contribution >= 4 is 17.5 Å². The molecule has 0 fully saturated rings. The third kappa shape index (κ3) is 4.23. The SMILES string of the molecule is O=C(c1ccc(O)c(Cl)c1)N(CCO)CCc1ccccc1. The predicted molar refractivity (Wildman–Crippen MR) is 86.3 cm³/mol. The van der Waals surface area contributed by atoms with Crippen molar-refractivity contribution in [2.75, 3.05) is 19.7 Å². The van der Waals surface area contributed by atoms with E-state index in [0.29, 0.717) is 18.5 Å². The molecular formula is C17H18ClNO3. The Morgan fingerprint density at radius 2 is 1.82 bits per heavy atom. The number of benzene rings is 2. The molecule has 0 bridgehead atoms. The highest BCUT2D eigenvalue weighted by molar-refractivity contribution is 6.32. The summed E-state index contributed by atoms with van der Waals surface area (Å²) in [5.74, 6) is -0.275. The first-order valence-corrected chi connectivity index (χ1v) is 7.42. The molecule has 2 N–H and O–H groups in total. The Balaban J connectivity index is 2.09. The first-order valence-electron chi connectivity index (χ1n) is 7.04. The average Bonchev–Trinajstić information content (AvgIpc) is 2.54. The van der Waals surface area contributed by atoms with Gasteiger partial charge in [0, 0.05) is 18.7 Å². The van der Waals surface area contributed by atoms with Gasteiger partial charge in [-0.05, 0) is 30.2 Å². The number of hydrogen-bond donors (Lipinski definition) is 2. The zero-order valence-electron chi connectivity index (χ0n) is 12.1. The molecule has 0 heterocycles. The molecule has 0 aliphatic rings. The summed E-state index contributed by atoms with van der Waals surface area (Å²) >= 11 is 5.84. The van der Waals surface area contributed by atoms with Gasteiger partial charge in [-0.1, -0.05) is 41.9 Å². The number of amides is 1. The maximum absolute atomic E-state index is 12.5. The van der Waals surface area contributed by atoms with E-state index >= 15 is 0 Å². The van der Waals surface area contributed by atoms with Crippen LogP contribution >= 0.6 is 11.6 Å². The zero-order chi connectivity index (χ0) is 15.9. The third-order valence-corrected chi connectivity index (χ3v) is 3.67. The molecule has 2 aromatic rings. The number of halogens is 1. The number of nitrogens with zero attached hydrogens (tertiary/aromatic N) is 1. The van der Waals surface area contributed by atoms with Crippen LogP contribution in [0, 0.1) is 0 Å². The van der Waals surface area contributed by atoms with Crippen molar-refractivity contribution in [3.05, 3.63) is 64.7 Å². The molecule has 0 saturated carbocycles. The monoisotopic (exact) mass is 319 g/mol. The van der Waals surface area contributed by atoms with Crippen LogP contribution < -0.4 is 0 Å². The van der Waals surface area contributed by atoms with Crippen molar-refractivity contribution < 1.29 is 15.0 Å². The van der Waals surface area contributed by atoms with Crippen LogP contribution in [0.3, 0.4) is 0 Å². The molecule has 0 spiro atoms. The Kier molecular flexibility index (Phi) is 5.81. The summed E-state index contributed by atoms with van der Waals surface area (Å²) in [5.41, 5.74) is 1.52. The number of aromatic hydroxyl groups is 1. The summed E-state index contributed by atoms with van der Waals surface area (Å²) in [4.78, 5) is 14.1. The van der Waals surface area contributed by atoms with Gasteiger partial charge in [-0.3, -0.25) is 4.79 Å². The second-order valence-electron chi connectivity index (χ2n) is 4.92. The van der Waals surface area contributed by atoms with E-state index in [1.165, 1.54) is 18.2 Å². The number of carbonyl (C=O) groups excluding carboxylic acids is 1. The van der Waals surface area contributed by atoms with Crippen LogP contribution in [0.1, 0.15) is 15.9 Å². The topological polar surface area (TPSA) is 60.8 Å². The minimum atomic E-state index is -0.216. The van der Waals surface area contributed by atoms with Gasteiger partial charge >= 0.3 is 0 Å². The Labute approximate surface area is 134 Å². The first kappa shape index (κ1) is 16.3. The molecule has 4 nitrogen and oxygen atoms in total. The molecule has 5 heteroatoms. The van der Waals surface area contributed by atoms with E-state index in [4.69, 9.17) is 16.7 Å². The van der Waals surface area contributed by atoms with Gasteiger partial charge in [0.2, 0.25) is 0 Å². The van der Waals surface area contributed by atoms with E-state index in [2.05, 4.69) is 0 Å². The second-order valence-corrected chi connectivity index (χ2v) is 5.32. The fourth-order valence-electron chi connectivity index (χ4n) is 2.17. The molecule has 116 valence electrons. The number of aliphatic hydroxyl groups excluding tert-OH is 1. The number of hydrogen-bond acceptors (Lipinski definition) is 3. The largest absolute Gasteiger partial charge is 0.506 e. The molecular weight excluding hydrogens is 302 g/mol. The van der Waals surface area contributed by atoms with Gasteiger partial charge in [-0.2, -0.15) is 0 Å². The summed E-state index contributed by atoms with van der Waals surface area (Å²) in [6.07, 6.45) is 0.707. The molecule has 1 amide bonds. The highest BCUT2D eigenvalue weighted by Gasteiger charge is 2.16. The van der Waals surface area contributed by atoms with Crippen LogP contribution in [-0.2, 0) is 6.42 Å². The standard InChI is InChI=1S/C17H18ClNO3/c18-15-12-14(6-7-16(15)21)17(22)19(10-11-20)9-8-13-4-2-1-3-5-13/h1-7,12,20-21H,8-11H2. The van der Waals surface area contributed by atoms with Gasteiger partial charge in [-0.15, -0.1) is 0 Å². The quantitative estimate of drug-likeness (QED) is 0.860. The molecule has 0 aliphatic carbocycles. The number of phenols is 1. The molecule has 22 heavy (non-hydrogen) atoms. The molecule has 0 radical (unpaired) electrons. The van der Waals surface area contributed by atoms with E-state index in [-0.39, 0.29) is 29.8 Å². The number of carbonyl (C=O) groups is 1. The fraction of sp³-hybridized carbons (Fsp3) is 0.235. The Hall–Kier alpha value is -2.04. The highest BCUT2D eigenvalue weighted by Crippen LogP contribution is 2.24. The lowest BCUT2D eigenvalue weighted by Gasteiger charge is -2.22. The number of phenolic OH excluding ortho intramolecular Hbond substituents is 1. The molecule has 0 aromatic heterocycles. The maximum atomic E-state index is 12.5. The lowest BCUT2D eigenvalue weighted by molar-refractivity contribution is 0.0724. The van der Waals surface area contributed by atoms with Gasteiger partial charge in [0.15, 0.2) is 0 Å². The normalized spacial score (nSPS) is 10.5. The molecule has 0 unspecified atom stereocenters. The molecule has 2 aromatic carbocycles. The van der Waals surface area contributed by atoms with Crippen molar-refractivity contribution in [1.82, 2.24) is 4.90 Å². The summed E-state index contributed by atoms with van der Waals surface area (Å²) in [7, 11) is 0. The van der Waals surface area contributed by atoms with Gasteiger partial charge < -0.3 is 15.1 Å². The number of rotatable bonds is 6. The fourth-order valence-corrected chi connectivity index (χ4v) is 2.35. The van der Waals surface area contributed by atoms with Crippen LogP contribution in [0.2, 0.25) is 5.02 Å². The second kappa shape index (κ2) is 7.82. The van der Waals surface area contributed by atoms with E-state index in [1.807, 2.05) is 30.3 Å². The third-order valence-electron chi connectivity index (χ3n) is 3.36. The molecule has 0 saturated heterocycles. The predicted octanol–water partition coefficient (Wildman–Crippen LogP) is 2.72. The molecule has 2 rings (SSSR count). The van der Waals surface area contributed by atoms with Gasteiger partial charge in [0.25, 0.3) is 5.91 Å². The summed E-state index contributed by atoms with van der Waals surface area (Å²) < 4.78 is 0. The average molecular weight is 320 g/mol. The van der Waals surface area contributed by atoms with E-state index < -0.39 is 0 Å². The Morgan fingerprint density at radius 3 is 2.45 bits per heavy atom.